The Morgan fingerprint density at radius 3 is 2.62 bits per heavy atom. The van der Waals surface area contributed by atoms with Crippen LogP contribution in [-0.2, 0) is 0 Å². The molecule has 1 atom stereocenters. The lowest BCUT2D eigenvalue weighted by atomic mass is 9.83. The predicted molar refractivity (Wildman–Crippen MR) is 57.7 cm³/mol. The van der Waals surface area contributed by atoms with Crippen LogP contribution in [0.25, 0.3) is 0 Å². The summed E-state index contributed by atoms with van der Waals surface area (Å²) < 4.78 is 0. The van der Waals surface area contributed by atoms with E-state index in [0.717, 1.165) is 5.92 Å². The molecule has 0 aromatic rings. The van der Waals surface area contributed by atoms with Gasteiger partial charge in [-0.25, -0.2) is 0 Å². The Kier molecular flexibility index (Phi) is 3.46. The van der Waals surface area contributed by atoms with Crippen LogP contribution in [0.15, 0.2) is 11.6 Å². The number of allylic oxidation sites excluding steroid dienone is 2. The molecule has 0 heterocycles. The van der Waals surface area contributed by atoms with Crippen LogP contribution in [0.2, 0.25) is 0 Å². The fourth-order valence-electron chi connectivity index (χ4n) is 2.89. The molecule has 0 amide bonds. The lowest BCUT2D eigenvalue weighted by molar-refractivity contribution is 0.451. The van der Waals surface area contributed by atoms with E-state index in [1.807, 2.05) is 5.57 Å². The quantitative estimate of drug-likeness (QED) is 0.480. The highest BCUT2D eigenvalue weighted by Gasteiger charge is 2.17. The molecule has 2 rings (SSSR count). The van der Waals surface area contributed by atoms with Crippen molar-refractivity contribution in [3.63, 3.8) is 0 Å². The summed E-state index contributed by atoms with van der Waals surface area (Å²) in [5.74, 6) is 0.992. The molecule has 0 radical (unpaired) electrons. The molecule has 2 aliphatic rings. The highest BCUT2D eigenvalue weighted by molar-refractivity contribution is 5.10. The first kappa shape index (κ1) is 9.30. The largest absolute Gasteiger partial charge is 0.0851 e. The van der Waals surface area contributed by atoms with E-state index in [1.165, 1.54) is 64.2 Å². The third kappa shape index (κ3) is 2.59. The second-order valence-electron chi connectivity index (χ2n) is 4.71. The van der Waals surface area contributed by atoms with Crippen molar-refractivity contribution in [1.82, 2.24) is 0 Å². The third-order valence-electron chi connectivity index (χ3n) is 3.71. The van der Waals surface area contributed by atoms with E-state index in [9.17, 15) is 0 Å². The first-order chi connectivity index (χ1) is 6.47. The van der Waals surface area contributed by atoms with E-state index < -0.39 is 0 Å². The van der Waals surface area contributed by atoms with Gasteiger partial charge < -0.3 is 0 Å². The minimum absolute atomic E-state index is 0.992. The molecule has 0 aliphatic heterocycles. The molecule has 0 N–H and O–H groups in total. The normalized spacial score (nSPS) is 30.8. The average molecular weight is 178 g/mol. The van der Waals surface area contributed by atoms with Gasteiger partial charge >= 0.3 is 0 Å². The summed E-state index contributed by atoms with van der Waals surface area (Å²) in [5.41, 5.74) is 1.83. The third-order valence-corrected chi connectivity index (χ3v) is 3.71. The number of rotatable bonds is 0. The van der Waals surface area contributed by atoms with Gasteiger partial charge in [-0.3, -0.25) is 0 Å². The van der Waals surface area contributed by atoms with Crippen molar-refractivity contribution in [2.75, 3.05) is 0 Å². The van der Waals surface area contributed by atoms with Crippen molar-refractivity contribution in [2.45, 2.75) is 64.2 Å². The molecule has 0 saturated heterocycles. The first-order valence-corrected chi connectivity index (χ1v) is 6.16. The molecule has 0 spiro atoms. The highest BCUT2D eigenvalue weighted by Crippen LogP contribution is 2.33. The van der Waals surface area contributed by atoms with E-state index in [-0.39, 0.29) is 0 Å². The van der Waals surface area contributed by atoms with Crippen LogP contribution < -0.4 is 0 Å². The van der Waals surface area contributed by atoms with E-state index in [1.54, 1.807) is 0 Å². The van der Waals surface area contributed by atoms with Gasteiger partial charge in [-0.05, 0) is 44.4 Å². The van der Waals surface area contributed by atoms with Crippen LogP contribution >= 0.6 is 0 Å². The monoisotopic (exact) mass is 178 g/mol. The van der Waals surface area contributed by atoms with Gasteiger partial charge in [-0.2, -0.15) is 0 Å². The second-order valence-corrected chi connectivity index (χ2v) is 4.71. The summed E-state index contributed by atoms with van der Waals surface area (Å²) in [6, 6.07) is 0. The molecular weight excluding hydrogens is 156 g/mol. The smallest absolute Gasteiger partial charge is 0.0203 e. The Hall–Kier alpha value is -0.260. The zero-order valence-corrected chi connectivity index (χ0v) is 8.73. The van der Waals surface area contributed by atoms with Gasteiger partial charge in [0.05, 0.1) is 0 Å². The van der Waals surface area contributed by atoms with Gasteiger partial charge in [0.25, 0.3) is 0 Å². The maximum absolute atomic E-state index is 2.56. The molecule has 1 unspecified atom stereocenters. The van der Waals surface area contributed by atoms with Crippen molar-refractivity contribution >= 4 is 0 Å². The van der Waals surface area contributed by atoms with Gasteiger partial charge in [0, 0.05) is 0 Å². The summed E-state index contributed by atoms with van der Waals surface area (Å²) in [4.78, 5) is 0. The van der Waals surface area contributed by atoms with Crippen LogP contribution in [-0.4, -0.2) is 0 Å². The summed E-state index contributed by atoms with van der Waals surface area (Å²) >= 11 is 0. The minimum Gasteiger partial charge on any atom is -0.0851 e. The summed E-state index contributed by atoms with van der Waals surface area (Å²) in [6.07, 6.45) is 17.2. The number of fused-ring (bicyclic) bond motifs is 1. The van der Waals surface area contributed by atoms with Gasteiger partial charge in [-0.1, -0.05) is 37.3 Å². The summed E-state index contributed by atoms with van der Waals surface area (Å²) in [5, 5.41) is 0. The standard InChI is InChI=1S/C13H22/c1-2-4-8-12-10-6-7-11-13(12)9-5-3-1/h10,13H,1-9,11H2. The van der Waals surface area contributed by atoms with Crippen LogP contribution in [0.3, 0.4) is 0 Å². The van der Waals surface area contributed by atoms with Gasteiger partial charge in [0.15, 0.2) is 0 Å². The second kappa shape index (κ2) is 4.83. The fraction of sp³-hybridized carbons (Fsp3) is 0.846. The molecule has 1 saturated carbocycles. The molecule has 0 aromatic heterocycles. The maximum Gasteiger partial charge on any atom is -0.0203 e. The Bertz CT molecular complexity index is 178. The fourth-order valence-corrected chi connectivity index (χ4v) is 2.89. The van der Waals surface area contributed by atoms with Crippen molar-refractivity contribution < 1.29 is 0 Å². The highest BCUT2D eigenvalue weighted by atomic mass is 14.2. The molecule has 1 fully saturated rings. The Labute approximate surface area is 82.4 Å². The predicted octanol–water partition coefficient (Wildman–Crippen LogP) is 4.46. The lowest BCUT2D eigenvalue weighted by Crippen LogP contribution is -2.08. The topological polar surface area (TPSA) is 0 Å². The zero-order valence-electron chi connectivity index (χ0n) is 8.73. The number of hydrogen-bond donors (Lipinski definition) is 0. The SMILES string of the molecule is C1=C2CCCCCCCC2CCC1. The molecule has 74 valence electrons. The van der Waals surface area contributed by atoms with E-state index in [4.69, 9.17) is 0 Å². The van der Waals surface area contributed by atoms with Crippen molar-refractivity contribution in [1.29, 1.82) is 0 Å². The summed E-state index contributed by atoms with van der Waals surface area (Å²) in [7, 11) is 0. The van der Waals surface area contributed by atoms with E-state index >= 15 is 0 Å². The van der Waals surface area contributed by atoms with Crippen LogP contribution in [0.1, 0.15) is 64.2 Å². The molecule has 0 aromatic carbocycles. The summed E-state index contributed by atoms with van der Waals surface area (Å²) in [6.45, 7) is 0. The zero-order chi connectivity index (χ0) is 8.93. The van der Waals surface area contributed by atoms with Crippen LogP contribution in [0, 0.1) is 5.92 Å². The molecule has 0 heteroatoms. The molecule has 0 bridgehead atoms. The molecular formula is C13H22. The van der Waals surface area contributed by atoms with Crippen LogP contribution in [0.4, 0.5) is 0 Å². The average Bonchev–Trinajstić information content (AvgIpc) is 2.28. The Morgan fingerprint density at radius 1 is 0.846 bits per heavy atom. The minimum atomic E-state index is 0.992. The Balaban J connectivity index is 1.98. The van der Waals surface area contributed by atoms with E-state index in [2.05, 4.69) is 6.08 Å². The van der Waals surface area contributed by atoms with Gasteiger partial charge in [0.1, 0.15) is 0 Å². The van der Waals surface area contributed by atoms with E-state index in [0.29, 0.717) is 0 Å². The van der Waals surface area contributed by atoms with Crippen molar-refractivity contribution in [3.8, 4) is 0 Å². The first-order valence-electron chi connectivity index (χ1n) is 6.16. The molecule has 0 nitrogen and oxygen atoms in total. The molecule has 2 aliphatic carbocycles. The van der Waals surface area contributed by atoms with Crippen molar-refractivity contribution in [3.05, 3.63) is 11.6 Å². The van der Waals surface area contributed by atoms with Crippen molar-refractivity contribution in [2.24, 2.45) is 5.92 Å². The lowest BCUT2D eigenvalue weighted by Gasteiger charge is -2.23. The van der Waals surface area contributed by atoms with Gasteiger partial charge in [0.2, 0.25) is 0 Å². The number of hydrogen-bond acceptors (Lipinski definition) is 0. The molecule has 13 heavy (non-hydrogen) atoms. The van der Waals surface area contributed by atoms with Crippen LogP contribution in [0.5, 0.6) is 0 Å². The maximum atomic E-state index is 2.56. The Morgan fingerprint density at radius 2 is 1.62 bits per heavy atom. The van der Waals surface area contributed by atoms with Gasteiger partial charge in [-0.15, -0.1) is 0 Å².